The monoisotopic (exact) mass is 353 g/mol. The fourth-order valence-electron chi connectivity index (χ4n) is 2.98. The van der Waals surface area contributed by atoms with E-state index in [2.05, 4.69) is 46.4 Å². The minimum absolute atomic E-state index is 0.114. The van der Waals surface area contributed by atoms with Crippen LogP contribution in [0.1, 0.15) is 12.5 Å². The van der Waals surface area contributed by atoms with E-state index in [1.165, 1.54) is 5.69 Å². The number of carbonyl (C=O) groups is 1. The second kappa shape index (κ2) is 8.72. The first-order valence-electron chi connectivity index (χ1n) is 9.13. The van der Waals surface area contributed by atoms with Crippen LogP contribution in [0.15, 0.2) is 54.6 Å². The Bertz CT molecular complexity index is 695. The lowest BCUT2D eigenvalue weighted by molar-refractivity contribution is -0.127. The molecule has 1 fully saturated rings. The van der Waals surface area contributed by atoms with Gasteiger partial charge in [0.2, 0.25) is 0 Å². The van der Waals surface area contributed by atoms with Gasteiger partial charge in [-0.1, -0.05) is 30.3 Å². The summed E-state index contributed by atoms with van der Waals surface area (Å²) in [5.74, 6) is 0.587. The Kier molecular flexibility index (Phi) is 6.12. The molecule has 138 valence electrons. The molecule has 1 aliphatic heterocycles. The van der Waals surface area contributed by atoms with E-state index in [9.17, 15) is 4.79 Å². The normalized spacial score (nSPS) is 16.2. The van der Waals surface area contributed by atoms with Crippen LogP contribution < -0.4 is 15.0 Å². The van der Waals surface area contributed by atoms with Gasteiger partial charge < -0.3 is 19.9 Å². The van der Waals surface area contributed by atoms with Crippen molar-refractivity contribution in [2.45, 2.75) is 19.6 Å². The minimum atomic E-state index is -0.526. The molecule has 0 unspecified atom stereocenters. The van der Waals surface area contributed by atoms with E-state index >= 15 is 0 Å². The SMILES string of the molecule is C[C@@H](Oc1ccccc1)C(=O)NCc1ccc(N2CCN(C)CC2)cc1. The average molecular weight is 353 g/mol. The van der Waals surface area contributed by atoms with Gasteiger partial charge in [0, 0.05) is 38.4 Å². The molecule has 0 bridgehead atoms. The molecule has 0 aliphatic carbocycles. The molecule has 2 aromatic carbocycles. The van der Waals surface area contributed by atoms with Crippen molar-refractivity contribution in [1.29, 1.82) is 0 Å². The van der Waals surface area contributed by atoms with E-state index in [-0.39, 0.29) is 5.91 Å². The van der Waals surface area contributed by atoms with E-state index in [4.69, 9.17) is 4.74 Å². The standard InChI is InChI=1S/C21H27N3O2/c1-17(26-20-6-4-3-5-7-20)21(25)22-16-18-8-10-19(11-9-18)24-14-12-23(2)13-15-24/h3-11,17H,12-16H2,1-2H3,(H,22,25)/t17-/m1/s1. The van der Waals surface area contributed by atoms with Crippen LogP contribution in [-0.4, -0.2) is 50.1 Å². The van der Waals surface area contributed by atoms with Gasteiger partial charge in [-0.3, -0.25) is 4.79 Å². The molecule has 0 saturated carbocycles. The molecule has 26 heavy (non-hydrogen) atoms. The summed E-state index contributed by atoms with van der Waals surface area (Å²) in [7, 11) is 2.16. The lowest BCUT2D eigenvalue weighted by Gasteiger charge is -2.34. The third kappa shape index (κ3) is 4.99. The molecule has 1 saturated heterocycles. The Morgan fingerprint density at radius 1 is 1.04 bits per heavy atom. The summed E-state index contributed by atoms with van der Waals surface area (Å²) in [5, 5.41) is 2.94. The Balaban J connectivity index is 1.47. The van der Waals surface area contributed by atoms with Crippen molar-refractivity contribution in [3.05, 3.63) is 60.2 Å². The lowest BCUT2D eigenvalue weighted by Crippen LogP contribution is -2.44. The molecule has 1 N–H and O–H groups in total. The average Bonchev–Trinajstić information content (AvgIpc) is 2.68. The number of amides is 1. The highest BCUT2D eigenvalue weighted by atomic mass is 16.5. The molecule has 1 aliphatic rings. The molecule has 5 nitrogen and oxygen atoms in total. The number of nitrogens with zero attached hydrogens (tertiary/aromatic N) is 2. The summed E-state index contributed by atoms with van der Waals surface area (Å²) in [4.78, 5) is 17.0. The van der Waals surface area contributed by atoms with Crippen molar-refractivity contribution in [2.75, 3.05) is 38.1 Å². The second-order valence-electron chi connectivity index (χ2n) is 6.75. The molecule has 3 rings (SSSR count). The maximum absolute atomic E-state index is 12.2. The van der Waals surface area contributed by atoms with Gasteiger partial charge in [-0.2, -0.15) is 0 Å². The van der Waals surface area contributed by atoms with Gasteiger partial charge in [-0.25, -0.2) is 0 Å². The van der Waals surface area contributed by atoms with Crippen molar-refractivity contribution in [2.24, 2.45) is 0 Å². The number of piperazine rings is 1. The number of para-hydroxylation sites is 1. The van der Waals surface area contributed by atoms with Crippen LogP contribution >= 0.6 is 0 Å². The summed E-state index contributed by atoms with van der Waals surface area (Å²) in [6.45, 7) is 6.57. The number of hydrogen-bond acceptors (Lipinski definition) is 4. The number of rotatable bonds is 6. The van der Waals surface area contributed by atoms with Gasteiger partial charge >= 0.3 is 0 Å². The fraction of sp³-hybridized carbons (Fsp3) is 0.381. The van der Waals surface area contributed by atoms with Crippen LogP contribution in [0.2, 0.25) is 0 Å². The quantitative estimate of drug-likeness (QED) is 0.867. The van der Waals surface area contributed by atoms with Crippen molar-refractivity contribution >= 4 is 11.6 Å². The lowest BCUT2D eigenvalue weighted by atomic mass is 10.1. The molecule has 5 heteroatoms. The fourth-order valence-corrected chi connectivity index (χ4v) is 2.98. The van der Waals surface area contributed by atoms with Gasteiger partial charge in [-0.15, -0.1) is 0 Å². The largest absolute Gasteiger partial charge is 0.481 e. The van der Waals surface area contributed by atoms with E-state index < -0.39 is 6.10 Å². The van der Waals surface area contributed by atoms with Crippen LogP contribution in [0.5, 0.6) is 5.75 Å². The first-order chi connectivity index (χ1) is 12.6. The summed E-state index contributed by atoms with van der Waals surface area (Å²) >= 11 is 0. The van der Waals surface area contributed by atoms with Crippen LogP contribution in [-0.2, 0) is 11.3 Å². The number of ether oxygens (including phenoxy) is 1. The molecule has 1 atom stereocenters. The Morgan fingerprint density at radius 3 is 2.35 bits per heavy atom. The number of carbonyl (C=O) groups excluding carboxylic acids is 1. The first kappa shape index (κ1) is 18.3. The number of benzene rings is 2. The summed E-state index contributed by atoms with van der Waals surface area (Å²) < 4.78 is 5.65. The predicted octanol–water partition coefficient (Wildman–Crippen LogP) is 2.52. The highest BCUT2D eigenvalue weighted by Crippen LogP contribution is 2.17. The topological polar surface area (TPSA) is 44.8 Å². The second-order valence-corrected chi connectivity index (χ2v) is 6.75. The summed E-state index contributed by atoms with van der Waals surface area (Å²) in [6, 6.07) is 17.8. The maximum Gasteiger partial charge on any atom is 0.261 e. The number of likely N-dealkylation sites (N-methyl/N-ethyl adjacent to an activating group) is 1. The zero-order chi connectivity index (χ0) is 18.4. The zero-order valence-electron chi connectivity index (χ0n) is 15.5. The van der Waals surface area contributed by atoms with Gasteiger partial charge in [-0.05, 0) is 43.8 Å². The number of nitrogens with one attached hydrogen (secondary N) is 1. The summed E-state index contributed by atoms with van der Waals surface area (Å²) in [6.07, 6.45) is -0.526. The number of anilines is 1. The molecule has 0 radical (unpaired) electrons. The molecule has 1 amide bonds. The van der Waals surface area contributed by atoms with Gasteiger partial charge in [0.1, 0.15) is 5.75 Å². The molecule has 1 heterocycles. The van der Waals surface area contributed by atoms with Crippen LogP contribution in [0.25, 0.3) is 0 Å². The van der Waals surface area contributed by atoms with Crippen LogP contribution in [0, 0.1) is 0 Å². The van der Waals surface area contributed by atoms with Gasteiger partial charge in [0.15, 0.2) is 6.10 Å². The van der Waals surface area contributed by atoms with Crippen molar-refractivity contribution < 1.29 is 9.53 Å². The molecule has 0 spiro atoms. The molecular formula is C21H27N3O2. The molecule has 0 aromatic heterocycles. The van der Waals surface area contributed by atoms with E-state index in [0.717, 1.165) is 31.7 Å². The van der Waals surface area contributed by atoms with Crippen molar-refractivity contribution in [3.8, 4) is 5.75 Å². The van der Waals surface area contributed by atoms with Crippen molar-refractivity contribution in [3.63, 3.8) is 0 Å². The first-order valence-corrected chi connectivity index (χ1v) is 9.13. The van der Waals surface area contributed by atoms with Crippen LogP contribution in [0.4, 0.5) is 5.69 Å². The minimum Gasteiger partial charge on any atom is -0.481 e. The smallest absolute Gasteiger partial charge is 0.261 e. The maximum atomic E-state index is 12.2. The van der Waals surface area contributed by atoms with Crippen LogP contribution in [0.3, 0.4) is 0 Å². The van der Waals surface area contributed by atoms with Crippen molar-refractivity contribution in [1.82, 2.24) is 10.2 Å². The van der Waals surface area contributed by atoms with E-state index in [1.54, 1.807) is 6.92 Å². The third-order valence-corrected chi connectivity index (χ3v) is 4.70. The highest BCUT2D eigenvalue weighted by molar-refractivity contribution is 5.80. The third-order valence-electron chi connectivity index (χ3n) is 4.70. The Morgan fingerprint density at radius 2 is 1.69 bits per heavy atom. The van der Waals surface area contributed by atoms with E-state index in [0.29, 0.717) is 12.3 Å². The predicted molar refractivity (Wildman–Crippen MR) is 105 cm³/mol. The molecule has 2 aromatic rings. The van der Waals surface area contributed by atoms with Gasteiger partial charge in [0.05, 0.1) is 0 Å². The zero-order valence-corrected chi connectivity index (χ0v) is 15.5. The van der Waals surface area contributed by atoms with Gasteiger partial charge in [0.25, 0.3) is 5.91 Å². The molecular weight excluding hydrogens is 326 g/mol. The highest BCUT2D eigenvalue weighted by Gasteiger charge is 2.15. The summed E-state index contributed by atoms with van der Waals surface area (Å²) in [5.41, 5.74) is 2.33. The number of hydrogen-bond donors (Lipinski definition) is 1. The van der Waals surface area contributed by atoms with E-state index in [1.807, 2.05) is 30.3 Å². The Hall–Kier alpha value is -2.53. The Labute approximate surface area is 155 Å².